The molecule has 0 bridgehead atoms. The summed E-state index contributed by atoms with van der Waals surface area (Å²) in [5.74, 6) is 0.382. The Morgan fingerprint density at radius 3 is 2.92 bits per heavy atom. The number of aliphatic hydroxyl groups excluding tert-OH is 1. The highest BCUT2D eigenvalue weighted by Crippen LogP contribution is 2.45. The Morgan fingerprint density at radius 1 is 1.50 bits per heavy atom. The van der Waals surface area contributed by atoms with E-state index in [1.807, 2.05) is 6.92 Å². The molecular formula is C9H15FO2. The predicted molar refractivity (Wildman–Crippen MR) is 42.3 cm³/mol. The Morgan fingerprint density at radius 2 is 2.25 bits per heavy atom. The number of alkyl halides is 1. The molecule has 1 N–H and O–H groups in total. The van der Waals surface area contributed by atoms with Crippen LogP contribution in [0.4, 0.5) is 4.39 Å². The van der Waals surface area contributed by atoms with Crippen molar-refractivity contribution in [2.45, 2.75) is 44.8 Å². The van der Waals surface area contributed by atoms with Crippen molar-refractivity contribution in [3.05, 3.63) is 0 Å². The van der Waals surface area contributed by atoms with Crippen LogP contribution in [0.2, 0.25) is 0 Å². The first kappa shape index (κ1) is 8.45. The zero-order valence-electron chi connectivity index (χ0n) is 7.24. The molecule has 1 saturated carbocycles. The van der Waals surface area contributed by atoms with Crippen LogP contribution in [0.1, 0.15) is 26.2 Å². The van der Waals surface area contributed by atoms with Gasteiger partial charge in [0.1, 0.15) is 6.17 Å². The summed E-state index contributed by atoms with van der Waals surface area (Å²) in [6.07, 6.45) is 0.612. The van der Waals surface area contributed by atoms with Crippen molar-refractivity contribution in [2.75, 3.05) is 0 Å². The minimum absolute atomic E-state index is 0.0139. The van der Waals surface area contributed by atoms with Gasteiger partial charge < -0.3 is 9.84 Å². The third-order valence-electron chi connectivity index (χ3n) is 3.23. The smallest absolute Gasteiger partial charge is 0.155 e. The largest absolute Gasteiger partial charge is 0.368 e. The number of rotatable bonds is 1. The molecular weight excluding hydrogens is 159 g/mol. The van der Waals surface area contributed by atoms with E-state index in [9.17, 15) is 9.50 Å². The number of hydrogen-bond acceptors (Lipinski definition) is 2. The van der Waals surface area contributed by atoms with Gasteiger partial charge in [-0.1, -0.05) is 13.3 Å². The normalized spacial score (nSPS) is 52.8. The molecule has 0 spiro atoms. The third-order valence-corrected chi connectivity index (χ3v) is 3.23. The van der Waals surface area contributed by atoms with E-state index in [2.05, 4.69) is 0 Å². The number of halogens is 1. The van der Waals surface area contributed by atoms with Crippen LogP contribution < -0.4 is 0 Å². The lowest BCUT2D eigenvalue weighted by molar-refractivity contribution is -0.0930. The van der Waals surface area contributed by atoms with Gasteiger partial charge in [0, 0.05) is 12.8 Å². The molecule has 1 heterocycles. The van der Waals surface area contributed by atoms with Crippen molar-refractivity contribution < 1.29 is 14.2 Å². The van der Waals surface area contributed by atoms with E-state index in [1.165, 1.54) is 0 Å². The zero-order valence-corrected chi connectivity index (χ0v) is 7.24. The molecule has 2 nitrogen and oxygen atoms in total. The summed E-state index contributed by atoms with van der Waals surface area (Å²) in [7, 11) is 0. The molecule has 2 aliphatic rings. The predicted octanol–water partition coefficient (Wildman–Crippen LogP) is 1.48. The summed E-state index contributed by atoms with van der Waals surface area (Å²) in [5, 5.41) is 9.19. The molecule has 5 atom stereocenters. The summed E-state index contributed by atoms with van der Waals surface area (Å²) < 4.78 is 18.5. The van der Waals surface area contributed by atoms with E-state index in [0.717, 1.165) is 6.42 Å². The molecule has 0 radical (unpaired) electrons. The van der Waals surface area contributed by atoms with E-state index < -0.39 is 12.5 Å². The summed E-state index contributed by atoms with van der Waals surface area (Å²) >= 11 is 0. The highest BCUT2D eigenvalue weighted by Gasteiger charge is 2.48. The molecule has 70 valence electrons. The van der Waals surface area contributed by atoms with Crippen LogP contribution in [0.3, 0.4) is 0 Å². The van der Waals surface area contributed by atoms with Gasteiger partial charge in [0.25, 0.3) is 0 Å². The minimum atomic E-state index is -0.711. The Bertz CT molecular complexity index is 174. The average molecular weight is 174 g/mol. The first-order valence-electron chi connectivity index (χ1n) is 4.70. The van der Waals surface area contributed by atoms with E-state index in [0.29, 0.717) is 12.8 Å². The SMILES string of the molecule is CC[C@@H]1[C@H]2CC(O)O[C@H]2C[C@@H]1F. The van der Waals surface area contributed by atoms with Gasteiger partial charge in [-0.2, -0.15) is 0 Å². The molecule has 1 aliphatic heterocycles. The molecule has 1 unspecified atom stereocenters. The maximum Gasteiger partial charge on any atom is 0.155 e. The molecule has 1 saturated heterocycles. The summed E-state index contributed by atoms with van der Waals surface area (Å²) in [6, 6.07) is 0. The van der Waals surface area contributed by atoms with Crippen LogP contribution in [0.15, 0.2) is 0 Å². The molecule has 0 aromatic carbocycles. The van der Waals surface area contributed by atoms with Crippen LogP contribution in [0.25, 0.3) is 0 Å². The average Bonchev–Trinajstić information content (AvgIpc) is 2.43. The van der Waals surface area contributed by atoms with E-state index in [-0.39, 0.29) is 17.9 Å². The van der Waals surface area contributed by atoms with Crippen LogP contribution in [-0.2, 0) is 4.74 Å². The lowest BCUT2D eigenvalue weighted by Crippen LogP contribution is -2.16. The fourth-order valence-corrected chi connectivity index (χ4v) is 2.65. The van der Waals surface area contributed by atoms with Gasteiger partial charge in [-0.3, -0.25) is 0 Å². The summed E-state index contributed by atoms with van der Waals surface area (Å²) in [5.41, 5.74) is 0. The Balaban J connectivity index is 2.06. The maximum atomic E-state index is 13.3. The molecule has 2 rings (SSSR count). The molecule has 0 aromatic heterocycles. The van der Waals surface area contributed by atoms with Gasteiger partial charge in [-0.05, 0) is 11.8 Å². The number of fused-ring (bicyclic) bond motifs is 1. The van der Waals surface area contributed by atoms with Gasteiger partial charge in [-0.15, -0.1) is 0 Å². The third kappa shape index (κ3) is 1.15. The van der Waals surface area contributed by atoms with Gasteiger partial charge in [-0.25, -0.2) is 4.39 Å². The van der Waals surface area contributed by atoms with Crippen LogP contribution in [-0.4, -0.2) is 23.7 Å². The van der Waals surface area contributed by atoms with Gasteiger partial charge in [0.2, 0.25) is 0 Å². The van der Waals surface area contributed by atoms with Crippen molar-refractivity contribution in [3.8, 4) is 0 Å². The van der Waals surface area contributed by atoms with E-state index in [1.54, 1.807) is 0 Å². The number of ether oxygens (including phenoxy) is 1. The minimum Gasteiger partial charge on any atom is -0.368 e. The first-order valence-corrected chi connectivity index (χ1v) is 4.70. The van der Waals surface area contributed by atoms with Crippen LogP contribution in [0.5, 0.6) is 0 Å². The molecule has 2 fully saturated rings. The lowest BCUT2D eigenvalue weighted by atomic mass is 9.90. The lowest BCUT2D eigenvalue weighted by Gasteiger charge is -2.15. The summed E-state index contributed by atoms with van der Waals surface area (Å²) in [6.45, 7) is 2.00. The molecule has 1 aliphatic carbocycles. The Kier molecular flexibility index (Phi) is 2.09. The molecule has 0 amide bonds. The summed E-state index contributed by atoms with van der Waals surface area (Å²) in [4.78, 5) is 0. The van der Waals surface area contributed by atoms with Crippen molar-refractivity contribution in [1.29, 1.82) is 0 Å². The van der Waals surface area contributed by atoms with Crippen LogP contribution >= 0.6 is 0 Å². The van der Waals surface area contributed by atoms with Gasteiger partial charge in [0.15, 0.2) is 6.29 Å². The van der Waals surface area contributed by atoms with Crippen molar-refractivity contribution in [3.63, 3.8) is 0 Å². The van der Waals surface area contributed by atoms with Crippen molar-refractivity contribution >= 4 is 0 Å². The molecule has 0 aromatic rings. The van der Waals surface area contributed by atoms with Gasteiger partial charge in [0.05, 0.1) is 6.10 Å². The van der Waals surface area contributed by atoms with E-state index in [4.69, 9.17) is 4.74 Å². The van der Waals surface area contributed by atoms with Gasteiger partial charge >= 0.3 is 0 Å². The molecule has 12 heavy (non-hydrogen) atoms. The monoisotopic (exact) mass is 174 g/mol. The maximum absolute atomic E-state index is 13.3. The fourth-order valence-electron chi connectivity index (χ4n) is 2.65. The highest BCUT2D eigenvalue weighted by atomic mass is 19.1. The Hall–Kier alpha value is -0.150. The van der Waals surface area contributed by atoms with Crippen molar-refractivity contribution in [2.24, 2.45) is 11.8 Å². The number of aliphatic hydroxyl groups is 1. The van der Waals surface area contributed by atoms with Crippen LogP contribution in [0, 0.1) is 11.8 Å². The fraction of sp³-hybridized carbons (Fsp3) is 1.00. The topological polar surface area (TPSA) is 29.5 Å². The second-order valence-corrected chi connectivity index (χ2v) is 3.85. The standard InChI is InChI=1S/C9H15FO2/c1-2-5-6-3-9(11)12-8(6)4-7(5)10/h5-9,11H,2-4H2,1H3/t5-,6-,7+,8+,9?/m1/s1. The Labute approximate surface area is 71.7 Å². The first-order chi connectivity index (χ1) is 5.72. The second-order valence-electron chi connectivity index (χ2n) is 3.85. The second kappa shape index (κ2) is 2.96. The van der Waals surface area contributed by atoms with Crippen molar-refractivity contribution in [1.82, 2.24) is 0 Å². The van der Waals surface area contributed by atoms with E-state index >= 15 is 0 Å². The quantitative estimate of drug-likeness (QED) is 0.652. The zero-order chi connectivity index (χ0) is 8.72. The molecule has 3 heteroatoms. The number of hydrogen-bond donors (Lipinski definition) is 1. The highest BCUT2D eigenvalue weighted by molar-refractivity contribution is 4.95.